The van der Waals surface area contributed by atoms with E-state index in [0.29, 0.717) is 29.4 Å². The molecule has 11 nitrogen and oxygen atoms in total. The van der Waals surface area contributed by atoms with Gasteiger partial charge in [-0.15, -0.1) is 0 Å². The van der Waals surface area contributed by atoms with Crippen LogP contribution in [0.25, 0.3) is 0 Å². The Bertz CT molecular complexity index is 1520. The van der Waals surface area contributed by atoms with Gasteiger partial charge in [0, 0.05) is 38.3 Å². The van der Waals surface area contributed by atoms with Gasteiger partial charge in [0.05, 0.1) is 23.3 Å². The smallest absolute Gasteiger partial charge is 0.230 e. The van der Waals surface area contributed by atoms with Crippen LogP contribution in [0.15, 0.2) is 30.3 Å². The van der Waals surface area contributed by atoms with E-state index in [2.05, 4.69) is 19.2 Å². The van der Waals surface area contributed by atoms with Crippen LogP contribution >= 0.6 is 0 Å². The molecule has 0 aliphatic heterocycles. The highest BCUT2D eigenvalue weighted by Crippen LogP contribution is 2.53. The molecule has 0 aromatic heterocycles. The number of rotatable bonds is 7. The number of aliphatic hydroxyl groups excluding tert-OH is 1. The Hall–Kier alpha value is -3.80. The molecule has 7 atom stereocenters. The number of hydrogen-bond acceptors (Lipinski definition) is 10. The van der Waals surface area contributed by atoms with Crippen molar-refractivity contribution in [2.24, 2.45) is 29.4 Å². The first kappa shape index (κ1) is 31.6. The van der Waals surface area contributed by atoms with Crippen molar-refractivity contribution in [3.05, 3.63) is 52.6 Å². The molecule has 0 heterocycles. The SMILES string of the molecule is CC(C)c1ccc(CNc2cc(N(C)C)c3c(c2O)C(=O)C2C(=O)[C@@]4(O)C(=O)C(C(N)=O)C(O)[C@H](N(C)C)[C@H]4C[C@H]2C3)cc1. The predicted molar refractivity (Wildman–Crippen MR) is 165 cm³/mol. The Labute approximate surface area is 257 Å². The molecule has 3 aliphatic carbocycles. The molecule has 236 valence electrons. The molecule has 3 aliphatic rings. The van der Waals surface area contributed by atoms with Gasteiger partial charge in [0.15, 0.2) is 23.0 Å². The molecule has 0 saturated heterocycles. The van der Waals surface area contributed by atoms with Crippen LogP contribution in [0.4, 0.5) is 11.4 Å². The van der Waals surface area contributed by atoms with Crippen molar-refractivity contribution in [3.63, 3.8) is 0 Å². The van der Waals surface area contributed by atoms with Crippen molar-refractivity contribution < 1.29 is 34.5 Å². The van der Waals surface area contributed by atoms with Gasteiger partial charge >= 0.3 is 0 Å². The maximum absolute atomic E-state index is 14.2. The van der Waals surface area contributed by atoms with E-state index in [0.717, 1.165) is 5.56 Å². The van der Waals surface area contributed by atoms with E-state index in [1.54, 1.807) is 25.1 Å². The number of benzene rings is 2. The Morgan fingerprint density at radius 2 is 1.73 bits per heavy atom. The second-order valence-electron chi connectivity index (χ2n) is 13.3. The van der Waals surface area contributed by atoms with Crippen molar-refractivity contribution in [1.82, 2.24) is 4.90 Å². The van der Waals surface area contributed by atoms with E-state index in [9.17, 15) is 34.5 Å². The molecule has 11 heteroatoms. The normalized spacial score (nSPS) is 29.7. The number of primary amides is 1. The highest BCUT2D eigenvalue weighted by Gasteiger charge is 2.69. The van der Waals surface area contributed by atoms with Crippen LogP contribution in [0.3, 0.4) is 0 Å². The van der Waals surface area contributed by atoms with Crippen molar-refractivity contribution in [2.45, 2.75) is 56.9 Å². The molecule has 2 aromatic carbocycles. The summed E-state index contributed by atoms with van der Waals surface area (Å²) in [4.78, 5) is 57.6. The van der Waals surface area contributed by atoms with E-state index in [1.807, 2.05) is 43.3 Å². The number of nitrogens with one attached hydrogen (secondary N) is 1. The Morgan fingerprint density at radius 1 is 1.09 bits per heavy atom. The predicted octanol–water partition coefficient (Wildman–Crippen LogP) is 1.46. The minimum Gasteiger partial charge on any atom is -0.505 e. The Kier molecular flexibility index (Phi) is 8.11. The third-order valence-corrected chi connectivity index (χ3v) is 9.88. The van der Waals surface area contributed by atoms with Crippen LogP contribution in [0, 0.1) is 23.7 Å². The monoisotopic (exact) mass is 606 g/mol. The summed E-state index contributed by atoms with van der Waals surface area (Å²) in [6, 6.07) is 8.92. The topological polar surface area (TPSA) is 174 Å². The largest absolute Gasteiger partial charge is 0.505 e. The number of likely N-dealkylation sites (N-methyl/N-ethyl adjacent to an activating group) is 1. The first-order valence-corrected chi connectivity index (χ1v) is 15.0. The lowest BCUT2D eigenvalue weighted by Crippen LogP contribution is -2.75. The number of hydrogen-bond donors (Lipinski definition) is 5. The van der Waals surface area contributed by atoms with Crippen molar-refractivity contribution in [2.75, 3.05) is 38.4 Å². The van der Waals surface area contributed by atoms with E-state index < -0.39 is 64.7 Å². The molecule has 6 N–H and O–H groups in total. The molecular weight excluding hydrogens is 564 g/mol. The van der Waals surface area contributed by atoms with Crippen LogP contribution in [-0.2, 0) is 27.3 Å². The zero-order valence-electron chi connectivity index (χ0n) is 26.0. The van der Waals surface area contributed by atoms with Gasteiger partial charge in [0.25, 0.3) is 0 Å². The molecule has 2 saturated carbocycles. The average Bonchev–Trinajstić information content (AvgIpc) is 2.94. The zero-order chi connectivity index (χ0) is 32.4. The minimum atomic E-state index is -2.69. The highest BCUT2D eigenvalue weighted by atomic mass is 16.3. The second kappa shape index (κ2) is 11.3. The lowest BCUT2D eigenvalue weighted by molar-refractivity contribution is -0.190. The fraction of sp³-hybridized carbons (Fsp3) is 0.515. The number of fused-ring (bicyclic) bond motifs is 3. The van der Waals surface area contributed by atoms with Gasteiger partial charge in [-0.25, -0.2) is 0 Å². The first-order valence-electron chi connectivity index (χ1n) is 15.0. The van der Waals surface area contributed by atoms with Crippen molar-refractivity contribution in [1.29, 1.82) is 0 Å². The number of carbonyl (C=O) groups excluding carboxylic acids is 4. The quantitative estimate of drug-likeness (QED) is 0.229. The summed E-state index contributed by atoms with van der Waals surface area (Å²) in [5.41, 5.74) is 6.48. The summed E-state index contributed by atoms with van der Waals surface area (Å²) in [6.07, 6.45) is -1.24. The number of aliphatic hydroxyl groups is 2. The summed E-state index contributed by atoms with van der Waals surface area (Å²) in [7, 11) is 6.89. The number of Topliss-reactive ketones (excluding diaryl/α,β-unsaturated/α-hetero) is 3. The number of aromatic hydroxyl groups is 1. The number of nitrogens with two attached hydrogens (primary N) is 1. The second-order valence-corrected chi connectivity index (χ2v) is 13.3. The number of anilines is 2. The van der Waals surface area contributed by atoms with Gasteiger partial charge in [0.2, 0.25) is 5.91 Å². The number of phenols is 1. The van der Waals surface area contributed by atoms with Crippen LogP contribution in [-0.4, -0.2) is 89.4 Å². The molecular formula is C33H42N4O7. The van der Waals surface area contributed by atoms with Gasteiger partial charge in [-0.3, -0.25) is 19.2 Å². The Balaban J connectivity index is 1.55. The molecule has 0 spiro atoms. The number of carbonyl (C=O) groups is 4. The van der Waals surface area contributed by atoms with Gasteiger partial charge < -0.3 is 36.2 Å². The van der Waals surface area contributed by atoms with E-state index in [4.69, 9.17) is 5.73 Å². The Morgan fingerprint density at radius 3 is 2.27 bits per heavy atom. The van der Waals surface area contributed by atoms with E-state index in [-0.39, 0.29) is 24.2 Å². The number of amides is 1. The number of phenolic OH excluding ortho intramolecular Hbond substituents is 1. The van der Waals surface area contributed by atoms with Crippen LogP contribution in [0.1, 0.15) is 53.2 Å². The van der Waals surface area contributed by atoms with Crippen LogP contribution in [0.2, 0.25) is 0 Å². The average molecular weight is 607 g/mol. The van der Waals surface area contributed by atoms with Gasteiger partial charge in [-0.05, 0) is 61.5 Å². The third-order valence-electron chi connectivity index (χ3n) is 9.88. The van der Waals surface area contributed by atoms with E-state index >= 15 is 0 Å². The number of nitrogens with zero attached hydrogens (tertiary/aromatic N) is 2. The molecule has 3 unspecified atom stereocenters. The standard InChI is InChI=1S/C33H42N4O7/c1-15(2)17-9-7-16(8-10-17)14-35-21-13-22(36(3)4)19-11-18-12-20-26(37(5)6)29(40)25(32(34)43)31(42)33(20,44)30(41)23(18)28(39)24(19)27(21)38/h7-10,13,15,18,20,23,25-26,29,35,38,40,44H,11-12,14H2,1-6H3,(H2,34,43)/t18-,20-,23?,25?,26-,29?,33-/m1/s1. The fourth-order valence-corrected chi connectivity index (χ4v) is 7.62. The highest BCUT2D eigenvalue weighted by molar-refractivity contribution is 6.26. The fourth-order valence-electron chi connectivity index (χ4n) is 7.62. The summed E-state index contributed by atoms with van der Waals surface area (Å²) < 4.78 is 0. The summed E-state index contributed by atoms with van der Waals surface area (Å²) >= 11 is 0. The summed E-state index contributed by atoms with van der Waals surface area (Å²) in [6.45, 7) is 4.60. The minimum absolute atomic E-state index is 0.0237. The maximum atomic E-state index is 14.2. The van der Waals surface area contributed by atoms with Gasteiger partial charge in [-0.2, -0.15) is 0 Å². The van der Waals surface area contributed by atoms with Gasteiger partial charge in [0.1, 0.15) is 11.7 Å². The van der Waals surface area contributed by atoms with Crippen molar-refractivity contribution in [3.8, 4) is 5.75 Å². The molecule has 44 heavy (non-hydrogen) atoms. The molecule has 0 radical (unpaired) electrons. The molecule has 2 fully saturated rings. The van der Waals surface area contributed by atoms with E-state index in [1.165, 1.54) is 5.56 Å². The summed E-state index contributed by atoms with van der Waals surface area (Å²) in [5.74, 6) is -8.85. The summed E-state index contributed by atoms with van der Waals surface area (Å²) in [5, 5.41) is 37.6. The first-order chi connectivity index (χ1) is 20.6. The molecule has 5 rings (SSSR count). The van der Waals surface area contributed by atoms with Crippen LogP contribution in [0.5, 0.6) is 5.75 Å². The lowest BCUT2D eigenvalue weighted by atomic mass is 9.52. The zero-order valence-corrected chi connectivity index (χ0v) is 26.0. The van der Waals surface area contributed by atoms with Crippen LogP contribution < -0.4 is 16.0 Å². The van der Waals surface area contributed by atoms with Gasteiger partial charge in [-0.1, -0.05) is 38.1 Å². The van der Waals surface area contributed by atoms with Crippen molar-refractivity contribution >= 4 is 34.6 Å². The number of ketones is 3. The molecule has 1 amide bonds. The lowest BCUT2D eigenvalue weighted by Gasteiger charge is -2.55. The molecule has 2 aromatic rings. The maximum Gasteiger partial charge on any atom is 0.230 e. The third kappa shape index (κ3) is 4.78. The molecule has 0 bridgehead atoms.